The number of hydrogen-bond acceptors (Lipinski definition) is 4. The van der Waals surface area contributed by atoms with Crippen LogP contribution < -0.4 is 15.7 Å². The molecule has 3 aromatic rings. The van der Waals surface area contributed by atoms with Crippen molar-refractivity contribution in [1.29, 1.82) is 0 Å². The number of hydrogen-bond donors (Lipinski definition) is 1. The Morgan fingerprint density at radius 2 is 1.93 bits per heavy atom. The van der Waals surface area contributed by atoms with Crippen LogP contribution in [0.5, 0.6) is 5.75 Å². The Labute approximate surface area is 167 Å². The first-order chi connectivity index (χ1) is 13.5. The van der Waals surface area contributed by atoms with Gasteiger partial charge in [0.2, 0.25) is 0 Å². The molecule has 4 rings (SSSR count). The molecule has 144 valence electrons. The number of halogens is 1. The molecule has 1 aliphatic carbocycles. The van der Waals surface area contributed by atoms with Crippen molar-refractivity contribution in [2.75, 3.05) is 6.61 Å². The Morgan fingerprint density at radius 3 is 2.71 bits per heavy atom. The Bertz CT molecular complexity index is 1090. The fourth-order valence-electron chi connectivity index (χ4n) is 3.62. The number of benzene rings is 2. The summed E-state index contributed by atoms with van der Waals surface area (Å²) in [5.74, 6) is 0.251. The molecular weight excluding hydrogens is 378 g/mol. The first kappa shape index (κ1) is 18.6. The molecule has 1 aromatic heterocycles. The zero-order valence-electron chi connectivity index (χ0n) is 15.5. The molecule has 5 nitrogen and oxygen atoms in total. The molecule has 0 fully saturated rings. The van der Waals surface area contributed by atoms with Gasteiger partial charge in [0.25, 0.3) is 5.91 Å². The summed E-state index contributed by atoms with van der Waals surface area (Å²) in [7, 11) is 0. The summed E-state index contributed by atoms with van der Waals surface area (Å²) in [6, 6.07) is 12.5. The number of aryl methyl sites for hydroxylation is 1. The second kappa shape index (κ2) is 7.68. The molecule has 0 aliphatic heterocycles. The van der Waals surface area contributed by atoms with Crippen LogP contribution in [0.2, 0.25) is 5.02 Å². The lowest BCUT2D eigenvalue weighted by Crippen LogP contribution is -2.31. The van der Waals surface area contributed by atoms with Gasteiger partial charge in [0.15, 0.2) is 6.61 Å². The molecule has 0 saturated carbocycles. The molecule has 6 heteroatoms. The zero-order chi connectivity index (χ0) is 19.7. The van der Waals surface area contributed by atoms with Crippen LogP contribution in [0.1, 0.15) is 36.1 Å². The van der Waals surface area contributed by atoms with Crippen molar-refractivity contribution in [2.45, 2.75) is 32.2 Å². The molecule has 0 unspecified atom stereocenters. The highest BCUT2D eigenvalue weighted by molar-refractivity contribution is 6.30. The molecule has 1 N–H and O–H groups in total. The van der Waals surface area contributed by atoms with E-state index in [0.29, 0.717) is 16.4 Å². The van der Waals surface area contributed by atoms with Crippen LogP contribution in [-0.4, -0.2) is 12.5 Å². The Balaban J connectivity index is 1.42. The van der Waals surface area contributed by atoms with Gasteiger partial charge in [0, 0.05) is 22.0 Å². The highest BCUT2D eigenvalue weighted by Crippen LogP contribution is 2.29. The highest BCUT2D eigenvalue weighted by atomic mass is 35.5. The first-order valence-corrected chi connectivity index (χ1v) is 9.65. The van der Waals surface area contributed by atoms with Crippen molar-refractivity contribution in [3.63, 3.8) is 0 Å². The number of carbonyl (C=O) groups is 1. The van der Waals surface area contributed by atoms with E-state index >= 15 is 0 Å². The summed E-state index contributed by atoms with van der Waals surface area (Å²) in [6.07, 6.45) is 2.64. The van der Waals surface area contributed by atoms with E-state index in [9.17, 15) is 9.59 Å². The molecule has 1 atom stereocenters. The van der Waals surface area contributed by atoms with Gasteiger partial charge in [0.05, 0.1) is 6.04 Å². The fraction of sp³-hybridized carbons (Fsp3) is 0.273. The van der Waals surface area contributed by atoms with Crippen molar-refractivity contribution in [3.8, 4) is 5.75 Å². The molecule has 1 aliphatic rings. The number of ether oxygens (including phenoxy) is 1. The van der Waals surface area contributed by atoms with Crippen molar-refractivity contribution >= 4 is 28.5 Å². The summed E-state index contributed by atoms with van der Waals surface area (Å²) >= 11 is 5.89. The van der Waals surface area contributed by atoms with Gasteiger partial charge in [-0.25, -0.2) is 4.79 Å². The van der Waals surface area contributed by atoms with Crippen LogP contribution in [0.3, 0.4) is 0 Å². The third-order valence-electron chi connectivity index (χ3n) is 5.06. The minimum Gasteiger partial charge on any atom is -0.484 e. The molecule has 2 aromatic carbocycles. The van der Waals surface area contributed by atoms with Crippen LogP contribution in [0.4, 0.5) is 0 Å². The summed E-state index contributed by atoms with van der Waals surface area (Å²) in [6.45, 7) is 1.77. The number of rotatable bonds is 5. The molecule has 1 amide bonds. The van der Waals surface area contributed by atoms with E-state index in [2.05, 4.69) is 5.32 Å². The normalized spacial score (nSPS) is 13.9. The van der Waals surface area contributed by atoms with Gasteiger partial charge in [-0.05, 0) is 61.6 Å². The van der Waals surface area contributed by atoms with E-state index in [1.165, 1.54) is 0 Å². The first-order valence-electron chi connectivity index (χ1n) is 9.27. The predicted molar refractivity (Wildman–Crippen MR) is 108 cm³/mol. The maximum atomic E-state index is 12.2. The Morgan fingerprint density at radius 1 is 1.18 bits per heavy atom. The lowest BCUT2D eigenvalue weighted by atomic mass is 10.1. The van der Waals surface area contributed by atoms with E-state index in [-0.39, 0.29) is 24.2 Å². The molecule has 0 saturated heterocycles. The smallest absolute Gasteiger partial charge is 0.339 e. The minimum atomic E-state index is -0.272. The molecule has 0 radical (unpaired) electrons. The van der Waals surface area contributed by atoms with Gasteiger partial charge >= 0.3 is 5.63 Å². The van der Waals surface area contributed by atoms with Crippen LogP contribution in [0.25, 0.3) is 11.0 Å². The SMILES string of the molecule is C[C@@H](NC(=O)COc1ccc2c3c(c(=O)oc2c1)CCC3)c1ccc(Cl)cc1. The quantitative estimate of drug-likeness (QED) is 0.655. The van der Waals surface area contributed by atoms with Crippen molar-refractivity contribution < 1.29 is 13.9 Å². The van der Waals surface area contributed by atoms with E-state index in [4.69, 9.17) is 20.8 Å². The topological polar surface area (TPSA) is 68.5 Å². The lowest BCUT2D eigenvalue weighted by Gasteiger charge is -2.15. The Kier molecular flexibility index (Phi) is 5.09. The summed E-state index contributed by atoms with van der Waals surface area (Å²) in [5, 5.41) is 4.48. The van der Waals surface area contributed by atoms with Crippen molar-refractivity contribution in [3.05, 3.63) is 74.6 Å². The Hall–Kier alpha value is -2.79. The van der Waals surface area contributed by atoms with E-state index in [0.717, 1.165) is 41.3 Å². The summed E-state index contributed by atoms with van der Waals surface area (Å²) in [5.41, 5.74) is 3.05. The third-order valence-corrected chi connectivity index (χ3v) is 5.31. The van der Waals surface area contributed by atoms with Crippen LogP contribution >= 0.6 is 11.6 Å². The van der Waals surface area contributed by atoms with Crippen LogP contribution in [-0.2, 0) is 17.6 Å². The van der Waals surface area contributed by atoms with E-state index in [1.807, 2.05) is 25.1 Å². The monoisotopic (exact) mass is 397 g/mol. The fourth-order valence-corrected chi connectivity index (χ4v) is 3.75. The van der Waals surface area contributed by atoms with Crippen LogP contribution in [0.15, 0.2) is 51.7 Å². The average molecular weight is 398 g/mol. The van der Waals surface area contributed by atoms with E-state index in [1.54, 1.807) is 24.3 Å². The average Bonchev–Trinajstić information content (AvgIpc) is 3.17. The molecule has 0 bridgehead atoms. The number of nitrogens with one attached hydrogen (secondary N) is 1. The van der Waals surface area contributed by atoms with Crippen molar-refractivity contribution in [1.82, 2.24) is 5.32 Å². The van der Waals surface area contributed by atoms with Gasteiger partial charge < -0.3 is 14.5 Å². The largest absolute Gasteiger partial charge is 0.484 e. The predicted octanol–water partition coefficient (Wildman–Crippen LogP) is 4.19. The number of amides is 1. The number of carbonyl (C=O) groups excluding carboxylic acids is 1. The van der Waals surface area contributed by atoms with Crippen LogP contribution in [0, 0.1) is 0 Å². The van der Waals surface area contributed by atoms with Gasteiger partial charge in [0.1, 0.15) is 11.3 Å². The van der Waals surface area contributed by atoms with Gasteiger partial charge in [-0.1, -0.05) is 23.7 Å². The molecule has 28 heavy (non-hydrogen) atoms. The third kappa shape index (κ3) is 3.76. The minimum absolute atomic E-state index is 0.126. The lowest BCUT2D eigenvalue weighted by molar-refractivity contribution is -0.123. The van der Waals surface area contributed by atoms with E-state index < -0.39 is 0 Å². The van der Waals surface area contributed by atoms with Gasteiger partial charge in [-0.3, -0.25) is 4.79 Å². The maximum absolute atomic E-state index is 12.2. The van der Waals surface area contributed by atoms with Crippen molar-refractivity contribution in [2.24, 2.45) is 0 Å². The number of fused-ring (bicyclic) bond motifs is 3. The zero-order valence-corrected chi connectivity index (χ0v) is 16.2. The summed E-state index contributed by atoms with van der Waals surface area (Å²) < 4.78 is 11.0. The van der Waals surface area contributed by atoms with Gasteiger partial charge in [-0.2, -0.15) is 0 Å². The second-order valence-corrected chi connectivity index (χ2v) is 7.42. The van der Waals surface area contributed by atoms with Gasteiger partial charge in [-0.15, -0.1) is 0 Å². The highest BCUT2D eigenvalue weighted by Gasteiger charge is 2.19. The maximum Gasteiger partial charge on any atom is 0.339 e. The standard InChI is InChI=1S/C22H20ClNO4/c1-13(14-5-7-15(23)8-6-14)24-21(25)12-27-16-9-10-18-17-3-2-4-19(17)22(26)28-20(18)11-16/h5-11,13H,2-4,12H2,1H3,(H,24,25)/t13-/m1/s1. The molecular formula is C22H20ClNO4. The molecule has 1 heterocycles. The summed E-state index contributed by atoms with van der Waals surface area (Å²) in [4.78, 5) is 24.3. The second-order valence-electron chi connectivity index (χ2n) is 6.99. The molecule has 0 spiro atoms.